The minimum Gasteiger partial charge on any atom is -0.309 e. The van der Waals surface area contributed by atoms with Crippen molar-refractivity contribution in [2.24, 2.45) is 0 Å². The van der Waals surface area contributed by atoms with Gasteiger partial charge in [-0.15, -0.1) is 0 Å². The first kappa shape index (κ1) is 17.0. The molecule has 0 saturated carbocycles. The Bertz CT molecular complexity index is 841. The van der Waals surface area contributed by atoms with Gasteiger partial charge in [0, 0.05) is 25.5 Å². The molecular weight excluding hydrogens is 316 g/mol. The van der Waals surface area contributed by atoms with E-state index in [0.29, 0.717) is 5.95 Å². The summed E-state index contributed by atoms with van der Waals surface area (Å²) in [4.78, 5) is 27.3. The third kappa shape index (κ3) is 3.83. The van der Waals surface area contributed by atoms with Crippen molar-refractivity contribution in [1.82, 2.24) is 24.4 Å². The third-order valence-corrected chi connectivity index (χ3v) is 4.21. The second kappa shape index (κ2) is 7.85. The number of carbonyl (C=O) groups is 1. The highest BCUT2D eigenvalue weighted by molar-refractivity contribution is 6.02. The number of amides is 1. The molecule has 3 aromatic rings. The molecule has 3 rings (SSSR count). The lowest BCUT2D eigenvalue weighted by molar-refractivity contribution is 0.102. The maximum Gasteiger partial charge on any atom is 0.278 e. The number of rotatable bonds is 7. The van der Waals surface area contributed by atoms with Crippen LogP contribution in [0.15, 0.2) is 42.9 Å². The van der Waals surface area contributed by atoms with Crippen molar-refractivity contribution in [1.29, 1.82) is 0 Å². The van der Waals surface area contributed by atoms with Crippen LogP contribution in [0, 0.1) is 0 Å². The van der Waals surface area contributed by atoms with Gasteiger partial charge in [0.25, 0.3) is 5.91 Å². The lowest BCUT2D eigenvalue weighted by Gasteiger charge is -2.19. The van der Waals surface area contributed by atoms with Crippen molar-refractivity contribution in [3.8, 4) is 0 Å². The average molecular weight is 338 g/mol. The van der Waals surface area contributed by atoms with Gasteiger partial charge in [-0.2, -0.15) is 0 Å². The minimum absolute atomic E-state index is 0.268. The van der Waals surface area contributed by atoms with Gasteiger partial charge in [-0.3, -0.25) is 15.1 Å². The zero-order valence-corrected chi connectivity index (χ0v) is 14.5. The smallest absolute Gasteiger partial charge is 0.278 e. The van der Waals surface area contributed by atoms with Crippen molar-refractivity contribution >= 4 is 22.9 Å². The lowest BCUT2D eigenvalue weighted by atomic mass is 10.3. The summed E-state index contributed by atoms with van der Waals surface area (Å²) in [7, 11) is 0. The largest absolute Gasteiger partial charge is 0.309 e. The molecule has 0 unspecified atom stereocenters. The molecule has 0 saturated heterocycles. The number of likely N-dealkylation sites (N-methyl/N-ethyl adjacent to an activating group) is 1. The summed E-state index contributed by atoms with van der Waals surface area (Å²) >= 11 is 0. The van der Waals surface area contributed by atoms with E-state index in [1.165, 1.54) is 18.6 Å². The van der Waals surface area contributed by atoms with Crippen molar-refractivity contribution in [3.63, 3.8) is 0 Å². The topological polar surface area (TPSA) is 75.9 Å². The lowest BCUT2D eigenvalue weighted by Crippen LogP contribution is -2.27. The molecule has 2 heterocycles. The van der Waals surface area contributed by atoms with Gasteiger partial charge >= 0.3 is 0 Å². The van der Waals surface area contributed by atoms with Crippen molar-refractivity contribution in [3.05, 3.63) is 48.5 Å². The Balaban J connectivity index is 1.88. The second-order valence-electron chi connectivity index (χ2n) is 5.65. The van der Waals surface area contributed by atoms with Crippen LogP contribution in [0.2, 0.25) is 0 Å². The number of anilines is 1. The molecule has 0 aliphatic heterocycles. The average Bonchev–Trinajstić information content (AvgIpc) is 3.00. The summed E-state index contributed by atoms with van der Waals surface area (Å²) in [5.41, 5.74) is 2.13. The van der Waals surface area contributed by atoms with Crippen LogP contribution in [-0.4, -0.2) is 50.0 Å². The molecule has 0 bridgehead atoms. The van der Waals surface area contributed by atoms with E-state index >= 15 is 0 Å². The number of para-hydroxylation sites is 2. The summed E-state index contributed by atoms with van der Waals surface area (Å²) in [6.45, 7) is 7.91. The number of fused-ring (bicyclic) bond motifs is 1. The molecule has 7 nitrogen and oxygen atoms in total. The van der Waals surface area contributed by atoms with E-state index in [4.69, 9.17) is 0 Å². The molecule has 0 radical (unpaired) electrons. The maximum atomic E-state index is 12.4. The van der Waals surface area contributed by atoms with Gasteiger partial charge in [-0.25, -0.2) is 9.97 Å². The van der Waals surface area contributed by atoms with Gasteiger partial charge in [0.1, 0.15) is 5.69 Å². The monoisotopic (exact) mass is 338 g/mol. The van der Waals surface area contributed by atoms with Crippen LogP contribution in [0.5, 0.6) is 0 Å². The van der Waals surface area contributed by atoms with Gasteiger partial charge in [0.05, 0.1) is 17.2 Å². The molecule has 0 spiro atoms. The van der Waals surface area contributed by atoms with Gasteiger partial charge in [-0.1, -0.05) is 26.0 Å². The number of hydrogen-bond donors (Lipinski definition) is 1. The van der Waals surface area contributed by atoms with Crippen LogP contribution >= 0.6 is 0 Å². The van der Waals surface area contributed by atoms with E-state index in [-0.39, 0.29) is 11.6 Å². The molecule has 1 aromatic carbocycles. The fourth-order valence-corrected chi connectivity index (χ4v) is 2.76. The van der Waals surface area contributed by atoms with Gasteiger partial charge in [0.2, 0.25) is 5.95 Å². The maximum absolute atomic E-state index is 12.4. The van der Waals surface area contributed by atoms with Gasteiger partial charge in [0.15, 0.2) is 0 Å². The number of imidazole rings is 1. The van der Waals surface area contributed by atoms with E-state index < -0.39 is 0 Å². The predicted molar refractivity (Wildman–Crippen MR) is 97.5 cm³/mol. The first-order valence-corrected chi connectivity index (χ1v) is 8.48. The van der Waals surface area contributed by atoms with Crippen molar-refractivity contribution in [2.75, 3.05) is 25.0 Å². The standard InChI is InChI=1S/C18H22N6O/c1-3-23(4-2)11-12-24-16-8-6-5-7-14(16)21-18(24)22-17(25)15-13-19-9-10-20-15/h5-10,13H,3-4,11-12H2,1-2H3,(H,21,22,25). The first-order valence-electron chi connectivity index (χ1n) is 8.48. The molecule has 1 N–H and O–H groups in total. The summed E-state index contributed by atoms with van der Waals surface area (Å²) in [5, 5.41) is 2.87. The second-order valence-corrected chi connectivity index (χ2v) is 5.65. The molecule has 7 heteroatoms. The molecule has 0 atom stereocenters. The fraction of sp³-hybridized carbons (Fsp3) is 0.333. The number of aromatic nitrogens is 4. The van der Waals surface area contributed by atoms with E-state index in [9.17, 15) is 4.79 Å². The number of hydrogen-bond acceptors (Lipinski definition) is 5. The highest BCUT2D eigenvalue weighted by Crippen LogP contribution is 2.20. The van der Waals surface area contributed by atoms with Crippen molar-refractivity contribution in [2.45, 2.75) is 20.4 Å². The molecule has 1 amide bonds. The van der Waals surface area contributed by atoms with Gasteiger partial charge in [-0.05, 0) is 25.2 Å². The van der Waals surface area contributed by atoms with E-state index in [2.05, 4.69) is 39.0 Å². The van der Waals surface area contributed by atoms with Crippen LogP contribution in [-0.2, 0) is 6.54 Å². The number of benzene rings is 1. The third-order valence-electron chi connectivity index (χ3n) is 4.21. The molecule has 2 aromatic heterocycles. The molecule has 0 fully saturated rings. The molecule has 130 valence electrons. The first-order chi connectivity index (χ1) is 12.2. The number of nitrogens with zero attached hydrogens (tertiary/aromatic N) is 5. The Kier molecular flexibility index (Phi) is 5.35. The highest BCUT2D eigenvalue weighted by Gasteiger charge is 2.15. The molecule has 25 heavy (non-hydrogen) atoms. The zero-order valence-electron chi connectivity index (χ0n) is 14.5. The predicted octanol–water partition coefficient (Wildman–Crippen LogP) is 2.42. The zero-order chi connectivity index (χ0) is 17.6. The Morgan fingerprint density at radius 3 is 2.72 bits per heavy atom. The SMILES string of the molecule is CCN(CC)CCn1c(NC(=O)c2cnccn2)nc2ccccc21. The summed E-state index contributed by atoms with van der Waals surface area (Å²) in [6, 6.07) is 7.88. The van der Waals surface area contributed by atoms with Crippen LogP contribution in [0.4, 0.5) is 5.95 Å². The molecule has 0 aliphatic carbocycles. The Labute approximate surface area is 146 Å². The fourth-order valence-electron chi connectivity index (χ4n) is 2.76. The summed E-state index contributed by atoms with van der Waals surface area (Å²) in [6.07, 6.45) is 4.48. The molecule has 0 aliphatic rings. The Morgan fingerprint density at radius 2 is 2.00 bits per heavy atom. The van der Waals surface area contributed by atoms with E-state index in [1.807, 2.05) is 28.8 Å². The minimum atomic E-state index is -0.313. The number of nitrogens with one attached hydrogen (secondary N) is 1. The highest BCUT2D eigenvalue weighted by atomic mass is 16.2. The van der Waals surface area contributed by atoms with Crippen LogP contribution in [0.1, 0.15) is 24.3 Å². The van der Waals surface area contributed by atoms with Crippen LogP contribution < -0.4 is 5.32 Å². The molecular formula is C18H22N6O. The quantitative estimate of drug-likeness (QED) is 0.716. The van der Waals surface area contributed by atoms with Crippen LogP contribution in [0.25, 0.3) is 11.0 Å². The van der Waals surface area contributed by atoms with E-state index in [1.54, 1.807) is 0 Å². The van der Waals surface area contributed by atoms with Crippen LogP contribution in [0.3, 0.4) is 0 Å². The summed E-state index contributed by atoms with van der Waals surface area (Å²) < 4.78 is 2.04. The van der Waals surface area contributed by atoms with Gasteiger partial charge < -0.3 is 9.47 Å². The summed E-state index contributed by atoms with van der Waals surface area (Å²) in [5.74, 6) is 0.219. The number of carbonyl (C=O) groups excluding carboxylic acids is 1. The van der Waals surface area contributed by atoms with Crippen molar-refractivity contribution < 1.29 is 4.79 Å². The Hall–Kier alpha value is -2.80. The Morgan fingerprint density at radius 1 is 1.20 bits per heavy atom. The van der Waals surface area contributed by atoms with E-state index in [0.717, 1.165) is 37.2 Å². The normalized spacial score (nSPS) is 11.2.